The highest BCUT2D eigenvalue weighted by molar-refractivity contribution is 7.27. The van der Waals surface area contributed by atoms with Crippen molar-refractivity contribution < 1.29 is 36.3 Å². The number of amides is 2. The fraction of sp³-hybridized carbons (Fsp3) is 0.607. The molecule has 0 saturated carbocycles. The fourth-order valence-corrected chi connectivity index (χ4v) is 5.96. The Hall–Kier alpha value is -2.99. The number of fused-ring (bicyclic) bond motifs is 1. The summed E-state index contributed by atoms with van der Waals surface area (Å²) in [5, 5.41) is 9.88. The Kier molecular flexibility index (Phi) is 10.2. The van der Waals surface area contributed by atoms with Crippen LogP contribution in [0.15, 0.2) is 12.1 Å². The number of nitrogens with two attached hydrogens (primary N) is 1. The summed E-state index contributed by atoms with van der Waals surface area (Å²) in [4.78, 5) is 41.0. The van der Waals surface area contributed by atoms with Crippen LogP contribution in [0.4, 0.5) is 22.0 Å². The van der Waals surface area contributed by atoms with E-state index in [-0.39, 0.29) is 72.9 Å². The lowest BCUT2D eigenvalue weighted by Gasteiger charge is -2.30. The van der Waals surface area contributed by atoms with Gasteiger partial charge in [0.2, 0.25) is 17.6 Å². The van der Waals surface area contributed by atoms with Crippen LogP contribution in [0, 0.1) is 23.5 Å². The van der Waals surface area contributed by atoms with Gasteiger partial charge in [-0.25, -0.2) is 8.78 Å². The molecule has 4 rings (SSSR count). The minimum Gasteiger partial charge on any atom is -0.351 e. The summed E-state index contributed by atoms with van der Waals surface area (Å²) in [7, 11) is 2.18. The molecule has 1 fully saturated rings. The van der Waals surface area contributed by atoms with Gasteiger partial charge < -0.3 is 20.5 Å². The number of hydrogen-bond acceptors (Lipinski definition) is 6. The van der Waals surface area contributed by atoms with E-state index < -0.39 is 53.6 Å². The lowest BCUT2D eigenvalue weighted by atomic mass is 9.89. The molecule has 0 radical (unpaired) electrons. The van der Waals surface area contributed by atoms with E-state index in [0.29, 0.717) is 19.4 Å². The lowest BCUT2D eigenvalue weighted by molar-refractivity contribution is -0.147. The summed E-state index contributed by atoms with van der Waals surface area (Å²) in [6.07, 6.45) is -3.47. The SMILES string of the molecule is CC(C)C(N)C(=O)N1CCCC1C(=O)NC(CCC(=O)C1CCn2c(nnc2C(F)(F)F)C1)Cc1cc(P)c(F)cc1F. The molecule has 2 aliphatic rings. The molecular weight excluding hydrogens is 594 g/mol. The van der Waals surface area contributed by atoms with Crippen molar-refractivity contribution in [2.45, 2.75) is 89.6 Å². The number of nitrogens with zero attached hydrogens (tertiary/aromatic N) is 4. The topological polar surface area (TPSA) is 123 Å². The molecule has 0 bridgehead atoms. The van der Waals surface area contributed by atoms with Crippen molar-refractivity contribution in [3.63, 3.8) is 0 Å². The molecule has 2 aliphatic heterocycles. The van der Waals surface area contributed by atoms with E-state index in [1.807, 2.05) is 13.8 Å². The van der Waals surface area contributed by atoms with Crippen LogP contribution in [0.25, 0.3) is 0 Å². The molecule has 2 aromatic rings. The monoisotopic (exact) mass is 630 g/mol. The van der Waals surface area contributed by atoms with E-state index in [4.69, 9.17) is 5.73 Å². The van der Waals surface area contributed by atoms with Gasteiger partial charge in [-0.05, 0) is 49.7 Å². The Balaban J connectivity index is 1.47. The number of alkyl halides is 3. The number of aromatic nitrogens is 3. The first kappa shape index (κ1) is 32.9. The Morgan fingerprint density at radius 2 is 1.84 bits per heavy atom. The third kappa shape index (κ3) is 7.57. The molecule has 1 aromatic carbocycles. The van der Waals surface area contributed by atoms with Gasteiger partial charge in [0.1, 0.15) is 29.3 Å². The highest BCUT2D eigenvalue weighted by Gasteiger charge is 2.41. The first-order valence-electron chi connectivity index (χ1n) is 14.3. The molecular formula is C28H36F5N6O3P. The second-order valence-electron chi connectivity index (χ2n) is 11.6. The van der Waals surface area contributed by atoms with Gasteiger partial charge in [0, 0.05) is 49.3 Å². The van der Waals surface area contributed by atoms with Gasteiger partial charge in [0.25, 0.3) is 0 Å². The van der Waals surface area contributed by atoms with Gasteiger partial charge >= 0.3 is 6.18 Å². The van der Waals surface area contributed by atoms with Crippen molar-refractivity contribution in [1.29, 1.82) is 0 Å². The lowest BCUT2D eigenvalue weighted by Crippen LogP contribution is -2.54. The number of halogens is 5. The van der Waals surface area contributed by atoms with Crippen LogP contribution in [0.3, 0.4) is 0 Å². The number of carbonyl (C=O) groups excluding carboxylic acids is 3. The highest BCUT2D eigenvalue weighted by Crippen LogP contribution is 2.32. The van der Waals surface area contributed by atoms with Crippen molar-refractivity contribution in [1.82, 2.24) is 25.0 Å². The summed E-state index contributed by atoms with van der Waals surface area (Å²) in [6, 6.07) is -0.237. The van der Waals surface area contributed by atoms with Crippen molar-refractivity contribution >= 4 is 32.1 Å². The van der Waals surface area contributed by atoms with Crippen LogP contribution in [-0.4, -0.2) is 61.9 Å². The van der Waals surface area contributed by atoms with Crippen LogP contribution in [-0.2, 0) is 39.9 Å². The molecule has 0 spiro atoms. The van der Waals surface area contributed by atoms with Crippen molar-refractivity contribution in [2.24, 2.45) is 17.6 Å². The largest absolute Gasteiger partial charge is 0.451 e. The number of likely N-dealkylation sites (tertiary alicyclic amines) is 1. The predicted octanol–water partition coefficient (Wildman–Crippen LogP) is 2.69. The minimum atomic E-state index is -4.65. The summed E-state index contributed by atoms with van der Waals surface area (Å²) in [5.41, 5.74) is 6.19. The number of benzene rings is 1. The molecule has 1 aromatic heterocycles. The van der Waals surface area contributed by atoms with Gasteiger partial charge in [-0.15, -0.1) is 19.4 Å². The molecule has 1 saturated heterocycles. The summed E-state index contributed by atoms with van der Waals surface area (Å²) in [5.74, 6) is -4.32. The summed E-state index contributed by atoms with van der Waals surface area (Å²) >= 11 is 0. The summed E-state index contributed by atoms with van der Waals surface area (Å²) < 4.78 is 69.1. The van der Waals surface area contributed by atoms with E-state index in [0.717, 1.165) is 10.6 Å². The van der Waals surface area contributed by atoms with Gasteiger partial charge in [0.05, 0.1) is 6.04 Å². The van der Waals surface area contributed by atoms with Crippen LogP contribution in [0.1, 0.15) is 63.2 Å². The Labute approximate surface area is 248 Å². The van der Waals surface area contributed by atoms with E-state index in [1.54, 1.807) is 0 Å². The van der Waals surface area contributed by atoms with Crippen LogP contribution in [0.2, 0.25) is 0 Å². The Bertz CT molecular complexity index is 1370. The number of hydrogen-bond donors (Lipinski definition) is 2. The van der Waals surface area contributed by atoms with E-state index in [9.17, 15) is 36.3 Å². The molecule has 236 valence electrons. The van der Waals surface area contributed by atoms with Crippen molar-refractivity contribution in [3.8, 4) is 0 Å². The number of rotatable bonds is 10. The van der Waals surface area contributed by atoms with Gasteiger partial charge in [-0.2, -0.15) is 13.2 Å². The normalized spacial score (nSPS) is 20.2. The average Bonchev–Trinajstić information content (AvgIpc) is 3.60. The third-order valence-electron chi connectivity index (χ3n) is 8.23. The predicted molar refractivity (Wildman–Crippen MR) is 150 cm³/mol. The molecule has 5 unspecified atom stereocenters. The van der Waals surface area contributed by atoms with Crippen molar-refractivity contribution in [3.05, 3.63) is 41.0 Å². The van der Waals surface area contributed by atoms with Crippen LogP contribution < -0.4 is 16.4 Å². The molecule has 3 N–H and O–H groups in total. The molecule has 9 nitrogen and oxygen atoms in total. The maximum absolute atomic E-state index is 14.7. The third-order valence-corrected chi connectivity index (χ3v) is 8.67. The first-order chi connectivity index (χ1) is 20.2. The molecule has 43 heavy (non-hydrogen) atoms. The van der Waals surface area contributed by atoms with Gasteiger partial charge in [0.15, 0.2) is 0 Å². The minimum absolute atomic E-state index is 0.00278. The van der Waals surface area contributed by atoms with Crippen LogP contribution >= 0.6 is 9.24 Å². The van der Waals surface area contributed by atoms with Crippen LogP contribution in [0.5, 0.6) is 0 Å². The quantitative estimate of drug-likeness (QED) is 0.308. The fourth-order valence-electron chi connectivity index (χ4n) is 5.67. The molecule has 3 heterocycles. The van der Waals surface area contributed by atoms with E-state index >= 15 is 0 Å². The summed E-state index contributed by atoms with van der Waals surface area (Å²) in [6.45, 7) is 3.93. The second kappa shape index (κ2) is 13.3. The number of nitrogens with one attached hydrogen (secondary N) is 1. The highest BCUT2D eigenvalue weighted by atomic mass is 31.0. The standard InChI is InChI=1S/C28H36F5N6O3P/c1-14(2)24(34)26(42)38-8-3-4-20(38)25(41)35-17(10-16-11-22(43)19(30)13-18(16)29)5-6-21(40)15-7-9-39-23(12-15)36-37-27(39)28(31,32)33/h11,13-15,17,20,24H,3-10,12,34,43H2,1-2H3,(H,35,41). The molecule has 15 heteroatoms. The van der Waals surface area contributed by atoms with Gasteiger partial charge in [-0.1, -0.05) is 13.8 Å². The molecule has 0 aliphatic carbocycles. The molecule has 5 atom stereocenters. The van der Waals surface area contributed by atoms with E-state index in [2.05, 4.69) is 24.8 Å². The Morgan fingerprint density at radius 3 is 2.51 bits per heavy atom. The zero-order valence-electron chi connectivity index (χ0n) is 24.0. The van der Waals surface area contributed by atoms with Crippen molar-refractivity contribution in [2.75, 3.05) is 6.54 Å². The maximum Gasteiger partial charge on any atom is 0.451 e. The Morgan fingerprint density at radius 1 is 1.12 bits per heavy atom. The smallest absolute Gasteiger partial charge is 0.351 e. The number of Topliss-reactive ketones (excluding diaryl/α,β-unsaturated/α-hetero) is 1. The first-order valence-corrected chi connectivity index (χ1v) is 14.9. The van der Waals surface area contributed by atoms with Gasteiger partial charge in [-0.3, -0.25) is 14.4 Å². The average molecular weight is 631 g/mol. The second-order valence-corrected chi connectivity index (χ2v) is 12.2. The number of carbonyl (C=O) groups is 3. The number of ketones is 1. The molecule has 2 amide bonds. The zero-order valence-corrected chi connectivity index (χ0v) is 25.1. The zero-order chi connectivity index (χ0) is 31.6. The maximum atomic E-state index is 14.7. The van der Waals surface area contributed by atoms with E-state index in [1.165, 1.54) is 11.0 Å².